The van der Waals surface area contributed by atoms with Crippen molar-refractivity contribution >= 4 is 46.5 Å². The molecule has 1 aromatic carbocycles. The fourth-order valence-electron chi connectivity index (χ4n) is 3.68. The first-order chi connectivity index (χ1) is 15.8. The number of rotatable bonds is 8. The number of carbonyl (C=O) groups excluding carboxylic acids is 3. The van der Waals surface area contributed by atoms with Crippen molar-refractivity contribution in [1.29, 1.82) is 0 Å². The highest BCUT2D eigenvalue weighted by Gasteiger charge is 2.37. The number of benzene rings is 1. The van der Waals surface area contributed by atoms with Gasteiger partial charge in [0.25, 0.3) is 11.1 Å². The molecule has 3 rings (SSSR count). The number of likely N-dealkylation sites (tertiary alicyclic amines) is 1. The summed E-state index contributed by atoms with van der Waals surface area (Å²) in [5.41, 5.74) is 0.615. The zero-order chi connectivity index (χ0) is 24.0. The van der Waals surface area contributed by atoms with Crippen LogP contribution in [0.2, 0.25) is 5.02 Å². The van der Waals surface area contributed by atoms with Crippen molar-refractivity contribution in [1.82, 2.24) is 9.80 Å². The predicted molar refractivity (Wildman–Crippen MR) is 131 cm³/mol. The second-order valence-corrected chi connectivity index (χ2v) is 9.56. The number of ether oxygens (including phenoxy) is 2. The van der Waals surface area contributed by atoms with Gasteiger partial charge in [0, 0.05) is 13.1 Å². The lowest BCUT2D eigenvalue weighted by molar-refractivity contribution is -0.135. The molecule has 1 atom stereocenters. The quantitative estimate of drug-likeness (QED) is 0.453. The summed E-state index contributed by atoms with van der Waals surface area (Å²) in [6.07, 6.45) is 6.48. The number of carbonyl (C=O) groups is 3. The number of thioether (sulfide) groups is 1. The second-order valence-electron chi connectivity index (χ2n) is 8.16. The number of hydrogen-bond acceptors (Lipinski definition) is 6. The molecule has 7 nitrogen and oxygen atoms in total. The fourth-order valence-corrected chi connectivity index (χ4v) is 4.78. The van der Waals surface area contributed by atoms with Gasteiger partial charge in [0.15, 0.2) is 11.5 Å². The smallest absolute Gasteiger partial charge is 0.294 e. The van der Waals surface area contributed by atoms with Crippen LogP contribution < -0.4 is 9.47 Å². The Balaban J connectivity index is 1.78. The minimum atomic E-state index is -0.470. The monoisotopic (exact) mass is 494 g/mol. The topological polar surface area (TPSA) is 76.2 Å². The van der Waals surface area contributed by atoms with Gasteiger partial charge in [-0.1, -0.05) is 31.4 Å². The molecule has 2 fully saturated rings. The van der Waals surface area contributed by atoms with E-state index < -0.39 is 11.1 Å². The molecule has 9 heteroatoms. The molecule has 0 radical (unpaired) electrons. The number of hydrogen-bond donors (Lipinski definition) is 0. The molecule has 0 saturated carbocycles. The van der Waals surface area contributed by atoms with Crippen LogP contribution in [0.25, 0.3) is 6.08 Å². The standard InChI is InChI=1S/C24H31ClN2O5S/c1-4-16(3)32-22-18(25)12-17(13-19(22)31-5-2)14-20-23(29)27(24(30)33-20)15-21(28)26-10-8-6-7-9-11-26/h12-14,16H,4-11,15H2,1-3H3. The predicted octanol–water partition coefficient (Wildman–Crippen LogP) is 5.35. The van der Waals surface area contributed by atoms with Crippen LogP contribution in [0.15, 0.2) is 17.0 Å². The molecule has 0 aromatic heterocycles. The molecule has 0 bridgehead atoms. The molecule has 0 spiro atoms. The van der Waals surface area contributed by atoms with Gasteiger partial charge in [0.05, 0.1) is 22.6 Å². The van der Waals surface area contributed by atoms with Crippen molar-refractivity contribution in [3.63, 3.8) is 0 Å². The van der Waals surface area contributed by atoms with Gasteiger partial charge in [0.2, 0.25) is 5.91 Å². The molecule has 2 aliphatic heterocycles. The zero-order valence-electron chi connectivity index (χ0n) is 19.4. The number of imide groups is 1. The van der Waals surface area contributed by atoms with Gasteiger partial charge in [-0.2, -0.15) is 0 Å². The average Bonchev–Trinajstić information content (AvgIpc) is 2.98. The van der Waals surface area contributed by atoms with E-state index in [-0.39, 0.29) is 23.5 Å². The summed E-state index contributed by atoms with van der Waals surface area (Å²) < 4.78 is 11.6. The third kappa shape index (κ3) is 6.44. The number of nitrogens with zero attached hydrogens (tertiary/aromatic N) is 2. The largest absolute Gasteiger partial charge is 0.490 e. The molecule has 3 amide bonds. The Morgan fingerprint density at radius 1 is 1.18 bits per heavy atom. The highest BCUT2D eigenvalue weighted by atomic mass is 35.5. The van der Waals surface area contributed by atoms with E-state index in [1.165, 1.54) is 0 Å². The Morgan fingerprint density at radius 2 is 1.88 bits per heavy atom. The minimum absolute atomic E-state index is 0.0363. The Bertz CT molecular complexity index is 928. The molecule has 2 aliphatic rings. The maximum Gasteiger partial charge on any atom is 0.294 e. The molecule has 33 heavy (non-hydrogen) atoms. The van der Waals surface area contributed by atoms with E-state index in [9.17, 15) is 14.4 Å². The minimum Gasteiger partial charge on any atom is -0.490 e. The van der Waals surface area contributed by atoms with Gasteiger partial charge >= 0.3 is 0 Å². The third-order valence-corrected chi connectivity index (χ3v) is 6.84. The molecule has 180 valence electrons. The molecule has 2 heterocycles. The summed E-state index contributed by atoms with van der Waals surface area (Å²) >= 11 is 7.29. The van der Waals surface area contributed by atoms with Crippen molar-refractivity contribution in [3.05, 3.63) is 27.6 Å². The molecular weight excluding hydrogens is 464 g/mol. The summed E-state index contributed by atoms with van der Waals surface area (Å²) in [5, 5.41) is -0.0784. The van der Waals surface area contributed by atoms with Crippen molar-refractivity contribution < 1.29 is 23.9 Å². The van der Waals surface area contributed by atoms with Crippen LogP contribution >= 0.6 is 23.4 Å². The Labute approximate surface area is 204 Å². The van der Waals surface area contributed by atoms with Crippen molar-refractivity contribution in [3.8, 4) is 11.5 Å². The Morgan fingerprint density at radius 3 is 2.52 bits per heavy atom. The van der Waals surface area contributed by atoms with Crippen LogP contribution in [0.4, 0.5) is 4.79 Å². The van der Waals surface area contributed by atoms with Crippen molar-refractivity contribution in [2.75, 3.05) is 26.2 Å². The van der Waals surface area contributed by atoms with Crippen LogP contribution in [-0.4, -0.2) is 59.2 Å². The van der Waals surface area contributed by atoms with E-state index in [2.05, 4.69) is 0 Å². The fraction of sp³-hybridized carbons (Fsp3) is 0.542. The maximum absolute atomic E-state index is 12.9. The van der Waals surface area contributed by atoms with Gasteiger partial charge in [-0.05, 0) is 68.6 Å². The molecule has 1 unspecified atom stereocenters. The molecule has 0 N–H and O–H groups in total. The lowest BCUT2D eigenvalue weighted by Gasteiger charge is -2.22. The van der Waals surface area contributed by atoms with Crippen LogP contribution in [0.5, 0.6) is 11.5 Å². The van der Waals surface area contributed by atoms with Gasteiger partial charge in [-0.25, -0.2) is 0 Å². The van der Waals surface area contributed by atoms with Crippen LogP contribution in [0, 0.1) is 0 Å². The highest BCUT2D eigenvalue weighted by Crippen LogP contribution is 2.39. The maximum atomic E-state index is 12.9. The van der Waals surface area contributed by atoms with E-state index >= 15 is 0 Å². The van der Waals surface area contributed by atoms with E-state index in [1.807, 2.05) is 20.8 Å². The summed E-state index contributed by atoms with van der Waals surface area (Å²) in [7, 11) is 0. The molecule has 1 aromatic rings. The van der Waals surface area contributed by atoms with E-state index in [1.54, 1.807) is 23.1 Å². The van der Waals surface area contributed by atoms with Crippen molar-refractivity contribution in [2.45, 2.75) is 59.0 Å². The lowest BCUT2D eigenvalue weighted by Crippen LogP contribution is -2.42. The first-order valence-electron chi connectivity index (χ1n) is 11.5. The first kappa shape index (κ1) is 25.4. The lowest BCUT2D eigenvalue weighted by atomic mass is 10.1. The summed E-state index contributed by atoms with van der Waals surface area (Å²) in [5.74, 6) is 0.282. The first-order valence-corrected chi connectivity index (χ1v) is 12.7. The van der Waals surface area contributed by atoms with Crippen molar-refractivity contribution in [2.24, 2.45) is 0 Å². The van der Waals surface area contributed by atoms with Gasteiger partial charge in [0.1, 0.15) is 6.54 Å². The zero-order valence-corrected chi connectivity index (χ0v) is 21.0. The molecule has 2 saturated heterocycles. The number of amides is 3. The summed E-state index contributed by atoms with van der Waals surface area (Å²) in [6, 6.07) is 3.42. The van der Waals surface area contributed by atoms with E-state index in [0.29, 0.717) is 41.8 Å². The van der Waals surface area contributed by atoms with Gasteiger partial charge in [-0.3, -0.25) is 19.3 Å². The van der Waals surface area contributed by atoms with Crippen LogP contribution in [-0.2, 0) is 9.59 Å². The van der Waals surface area contributed by atoms with E-state index in [0.717, 1.165) is 48.8 Å². The highest BCUT2D eigenvalue weighted by molar-refractivity contribution is 8.18. The second kappa shape index (κ2) is 11.8. The third-order valence-electron chi connectivity index (χ3n) is 5.65. The Hall–Kier alpha value is -2.19. The van der Waals surface area contributed by atoms with Gasteiger partial charge in [-0.15, -0.1) is 0 Å². The molecular formula is C24H31ClN2O5S. The van der Waals surface area contributed by atoms with Gasteiger partial charge < -0.3 is 14.4 Å². The van der Waals surface area contributed by atoms with Crippen LogP contribution in [0.1, 0.15) is 58.4 Å². The normalized spacial score (nSPS) is 19.1. The molecule has 0 aliphatic carbocycles. The average molecular weight is 495 g/mol. The Kier molecular flexibility index (Phi) is 9.09. The SMILES string of the molecule is CCOc1cc(C=C2SC(=O)N(CC(=O)N3CCCCCC3)C2=O)cc(Cl)c1OC(C)CC. The number of halogens is 1. The summed E-state index contributed by atoms with van der Waals surface area (Å²) in [6.45, 7) is 7.37. The summed E-state index contributed by atoms with van der Waals surface area (Å²) in [4.78, 5) is 41.1. The van der Waals surface area contributed by atoms with Crippen LogP contribution in [0.3, 0.4) is 0 Å². The van der Waals surface area contributed by atoms with E-state index in [4.69, 9.17) is 21.1 Å².